The average Bonchev–Trinajstić information content (AvgIpc) is 2.70. The summed E-state index contributed by atoms with van der Waals surface area (Å²) in [6.45, 7) is 0. The molecule has 0 saturated heterocycles. The number of amidine groups is 1. The van der Waals surface area contributed by atoms with Crippen LogP contribution in [0.2, 0.25) is 0 Å². The van der Waals surface area contributed by atoms with Gasteiger partial charge in [0.1, 0.15) is 5.69 Å². The van der Waals surface area contributed by atoms with Gasteiger partial charge in [-0.2, -0.15) is 0 Å². The monoisotopic (exact) mass is 327 g/mol. The summed E-state index contributed by atoms with van der Waals surface area (Å²) >= 11 is 0. The van der Waals surface area contributed by atoms with E-state index < -0.39 is 0 Å². The van der Waals surface area contributed by atoms with Crippen molar-refractivity contribution in [2.75, 3.05) is 0 Å². The zero-order valence-corrected chi connectivity index (χ0v) is 13.5. The fourth-order valence-corrected chi connectivity index (χ4v) is 2.33. The Kier molecular flexibility index (Phi) is 5.37. The average molecular weight is 327 g/mol. The summed E-state index contributed by atoms with van der Waals surface area (Å²) in [6.07, 6.45) is 4.68. The molecule has 0 aliphatic carbocycles. The molecule has 0 spiro atoms. The van der Waals surface area contributed by atoms with Gasteiger partial charge in [0.15, 0.2) is 5.84 Å². The van der Waals surface area contributed by atoms with Gasteiger partial charge in [-0.1, -0.05) is 66.6 Å². The normalized spacial score (nSPS) is 10.8. The molecule has 0 aliphatic rings. The summed E-state index contributed by atoms with van der Waals surface area (Å²) in [4.78, 5) is 8.04. The Hall–Kier alpha value is -3.65. The summed E-state index contributed by atoms with van der Waals surface area (Å²) in [5, 5.41) is 4.02. The first-order valence-electron chi connectivity index (χ1n) is 7.79. The van der Waals surface area contributed by atoms with E-state index in [-0.39, 0.29) is 11.8 Å². The number of nitrogens with two attached hydrogens (primary N) is 1. The van der Waals surface area contributed by atoms with Crippen LogP contribution in [-0.4, -0.2) is 15.8 Å². The molecule has 122 valence electrons. The molecule has 5 nitrogen and oxygen atoms in total. The van der Waals surface area contributed by atoms with E-state index in [2.05, 4.69) is 56.7 Å². The van der Waals surface area contributed by atoms with E-state index >= 15 is 0 Å². The minimum absolute atomic E-state index is 0.0529. The van der Waals surface area contributed by atoms with Gasteiger partial charge in [-0.3, -0.25) is 4.98 Å². The van der Waals surface area contributed by atoms with Gasteiger partial charge in [-0.15, -0.1) is 5.10 Å². The summed E-state index contributed by atoms with van der Waals surface area (Å²) in [5.74, 6) is 3.38. The van der Waals surface area contributed by atoms with Crippen LogP contribution in [0.1, 0.15) is 22.7 Å². The molecule has 0 amide bonds. The second-order valence-corrected chi connectivity index (χ2v) is 5.22. The Morgan fingerprint density at radius 2 is 1.60 bits per heavy atom. The molecule has 1 heterocycles. The third-order valence-corrected chi connectivity index (χ3v) is 3.54. The number of benzene rings is 2. The van der Waals surface area contributed by atoms with Crippen LogP contribution in [0.4, 0.5) is 0 Å². The van der Waals surface area contributed by atoms with Crippen LogP contribution in [0.3, 0.4) is 0 Å². The topological polar surface area (TPSA) is 76.2 Å². The quantitative estimate of drug-likeness (QED) is 0.254. The van der Waals surface area contributed by atoms with Crippen molar-refractivity contribution in [2.24, 2.45) is 10.8 Å². The van der Waals surface area contributed by atoms with Gasteiger partial charge < -0.3 is 5.73 Å². The Morgan fingerprint density at radius 3 is 2.16 bits per heavy atom. The lowest BCUT2D eigenvalue weighted by Crippen LogP contribution is -2.18. The van der Waals surface area contributed by atoms with E-state index in [1.807, 2.05) is 36.4 Å². The van der Waals surface area contributed by atoms with Gasteiger partial charge in [0.25, 0.3) is 0 Å². The minimum Gasteiger partial charge on any atom is -0.380 e. The highest BCUT2D eigenvalue weighted by Gasteiger charge is 2.10. The molecule has 25 heavy (non-hydrogen) atoms. The first kappa shape index (κ1) is 16.2. The van der Waals surface area contributed by atoms with E-state index in [0.29, 0.717) is 5.69 Å². The predicted octanol–water partition coefficient (Wildman–Crippen LogP) is 2.48. The molecule has 0 bridgehead atoms. The number of rotatable bonds is 4. The van der Waals surface area contributed by atoms with E-state index in [1.165, 1.54) is 0 Å². The smallest absolute Gasteiger partial charge is 0.171 e. The van der Waals surface area contributed by atoms with Crippen LogP contribution < -0.4 is 11.2 Å². The lowest BCUT2D eigenvalue weighted by atomic mass is 9.92. The maximum Gasteiger partial charge on any atom is 0.171 e. The SMILES string of the molecule is NC(=NNC#CC(c1ccccc1)c1ccccc1)c1cnccn1. The molecule has 0 radical (unpaired) electrons. The Balaban J connectivity index is 1.79. The van der Waals surface area contributed by atoms with Gasteiger partial charge in [0.05, 0.1) is 12.1 Å². The summed E-state index contributed by atoms with van der Waals surface area (Å²) < 4.78 is 0. The van der Waals surface area contributed by atoms with Gasteiger partial charge >= 0.3 is 0 Å². The molecule has 0 aliphatic heterocycles. The number of hydrazone groups is 1. The van der Waals surface area contributed by atoms with Crippen LogP contribution in [0.5, 0.6) is 0 Å². The van der Waals surface area contributed by atoms with E-state index in [1.54, 1.807) is 18.6 Å². The van der Waals surface area contributed by atoms with Crippen molar-refractivity contribution in [2.45, 2.75) is 5.92 Å². The van der Waals surface area contributed by atoms with Crippen LogP contribution in [0.25, 0.3) is 0 Å². The lowest BCUT2D eigenvalue weighted by Gasteiger charge is -2.11. The third-order valence-electron chi connectivity index (χ3n) is 3.54. The number of aromatic nitrogens is 2. The van der Waals surface area contributed by atoms with Crippen molar-refractivity contribution < 1.29 is 0 Å². The number of hydrogen-bond donors (Lipinski definition) is 2. The lowest BCUT2D eigenvalue weighted by molar-refractivity contribution is 0.982. The molecule has 0 fully saturated rings. The summed E-state index contributed by atoms with van der Waals surface area (Å²) in [5.41, 5.74) is 11.3. The second-order valence-electron chi connectivity index (χ2n) is 5.22. The highest BCUT2D eigenvalue weighted by atomic mass is 15.3. The summed E-state index contributed by atoms with van der Waals surface area (Å²) in [6, 6.07) is 23.1. The van der Waals surface area contributed by atoms with Crippen molar-refractivity contribution in [1.82, 2.24) is 15.4 Å². The van der Waals surface area contributed by atoms with Gasteiger partial charge in [-0.05, 0) is 11.1 Å². The molecule has 1 aromatic heterocycles. The molecule has 0 saturated carbocycles. The molecular formula is C20H17N5. The number of nitrogens with zero attached hydrogens (tertiary/aromatic N) is 3. The zero-order valence-electron chi connectivity index (χ0n) is 13.5. The van der Waals surface area contributed by atoms with E-state index in [0.717, 1.165) is 11.1 Å². The van der Waals surface area contributed by atoms with Crippen LogP contribution >= 0.6 is 0 Å². The van der Waals surface area contributed by atoms with Crippen LogP contribution in [0, 0.1) is 12.0 Å². The van der Waals surface area contributed by atoms with Crippen molar-refractivity contribution in [3.8, 4) is 12.0 Å². The maximum atomic E-state index is 5.85. The van der Waals surface area contributed by atoms with Crippen LogP contribution in [0.15, 0.2) is 84.4 Å². The van der Waals surface area contributed by atoms with Crippen molar-refractivity contribution in [3.63, 3.8) is 0 Å². The molecular weight excluding hydrogens is 310 g/mol. The number of hydrogen-bond acceptors (Lipinski definition) is 4. The maximum absolute atomic E-state index is 5.85. The second kappa shape index (κ2) is 8.27. The van der Waals surface area contributed by atoms with Crippen molar-refractivity contribution in [3.05, 3.63) is 96.1 Å². The highest BCUT2D eigenvalue weighted by molar-refractivity contribution is 5.95. The molecule has 3 N–H and O–H groups in total. The van der Waals surface area contributed by atoms with Crippen molar-refractivity contribution >= 4 is 5.84 Å². The fraction of sp³-hybridized carbons (Fsp3) is 0.0500. The van der Waals surface area contributed by atoms with Crippen LogP contribution in [-0.2, 0) is 0 Å². The zero-order chi connectivity index (χ0) is 17.3. The molecule has 3 aromatic rings. The van der Waals surface area contributed by atoms with Crippen molar-refractivity contribution in [1.29, 1.82) is 0 Å². The van der Waals surface area contributed by atoms with Gasteiger partial charge in [0.2, 0.25) is 0 Å². The fourth-order valence-electron chi connectivity index (χ4n) is 2.33. The Labute approximate surface area is 146 Å². The van der Waals surface area contributed by atoms with E-state index in [4.69, 9.17) is 5.73 Å². The largest absolute Gasteiger partial charge is 0.380 e. The first-order valence-corrected chi connectivity index (χ1v) is 7.79. The predicted molar refractivity (Wildman–Crippen MR) is 98.4 cm³/mol. The highest BCUT2D eigenvalue weighted by Crippen LogP contribution is 2.23. The molecule has 2 aromatic carbocycles. The Morgan fingerprint density at radius 1 is 0.960 bits per heavy atom. The molecule has 3 rings (SSSR count). The minimum atomic E-state index is -0.0529. The standard InChI is InChI=1S/C20H17N5/c21-20(19-15-22-13-14-23-19)25-24-12-11-18(16-7-3-1-4-8-16)17-9-5-2-6-10-17/h1-10,13-15,18,24H,(H2,21,25). The number of nitrogens with one attached hydrogen (secondary N) is 1. The molecule has 5 heteroatoms. The summed E-state index contributed by atoms with van der Waals surface area (Å²) in [7, 11) is 0. The molecule has 0 atom stereocenters. The molecule has 0 unspecified atom stereocenters. The van der Waals surface area contributed by atoms with Gasteiger partial charge in [-0.25, -0.2) is 10.4 Å². The van der Waals surface area contributed by atoms with Gasteiger partial charge in [0, 0.05) is 18.4 Å². The Bertz CT molecular complexity index is 841. The first-order chi connectivity index (χ1) is 12.3. The van der Waals surface area contributed by atoms with E-state index in [9.17, 15) is 0 Å². The third kappa shape index (κ3) is 4.43.